The van der Waals surface area contributed by atoms with Crippen molar-refractivity contribution >= 4 is 34.7 Å². The first-order valence-corrected chi connectivity index (χ1v) is 19.6. The molecule has 2 aromatic carbocycles. The number of rotatable bonds is 8. The van der Waals surface area contributed by atoms with Crippen molar-refractivity contribution in [2.45, 2.75) is 83.5 Å². The molecule has 4 fully saturated rings. The molecule has 7 rings (SSSR count). The van der Waals surface area contributed by atoms with Gasteiger partial charge >= 0.3 is 5.69 Å². The molecule has 4 aliphatic rings. The van der Waals surface area contributed by atoms with E-state index in [4.69, 9.17) is 10.5 Å². The van der Waals surface area contributed by atoms with Crippen molar-refractivity contribution in [3.8, 4) is 0 Å². The summed E-state index contributed by atoms with van der Waals surface area (Å²) < 4.78 is 9.20. The van der Waals surface area contributed by atoms with Gasteiger partial charge in [0.05, 0.1) is 30.2 Å². The number of nitrogens with two attached hydrogens (primary N) is 1. The number of nitrogens with one attached hydrogen (secondary N) is 1. The summed E-state index contributed by atoms with van der Waals surface area (Å²) in [5.41, 5.74) is 9.47. The smallest absolute Gasteiger partial charge is 0.329 e. The molecule has 290 valence electrons. The average molecular weight is 742 g/mol. The molecule has 1 aromatic heterocycles. The van der Waals surface area contributed by atoms with Gasteiger partial charge in [-0.3, -0.25) is 33.6 Å². The number of ether oxygens (including phenoxy) is 1. The molecule has 3 aromatic rings. The lowest BCUT2D eigenvalue weighted by Gasteiger charge is -2.40. The molecule has 0 bridgehead atoms. The van der Waals surface area contributed by atoms with Crippen LogP contribution in [0.5, 0.6) is 0 Å². The number of imidazole rings is 1. The van der Waals surface area contributed by atoms with Gasteiger partial charge in [0.25, 0.3) is 0 Å². The van der Waals surface area contributed by atoms with Gasteiger partial charge in [-0.2, -0.15) is 0 Å². The molecule has 4 aliphatic heterocycles. The fraction of sp³-hybridized carbons (Fsp3) is 0.585. The molecule has 13 nitrogen and oxygen atoms in total. The molecule has 4 saturated heterocycles. The second-order valence-electron chi connectivity index (χ2n) is 16.9. The number of hydrogen-bond donors (Lipinski definition) is 2. The number of benzene rings is 2. The molecule has 4 amide bonds. The van der Waals surface area contributed by atoms with Crippen molar-refractivity contribution in [2.75, 3.05) is 45.9 Å². The Morgan fingerprint density at radius 3 is 2.39 bits per heavy atom. The molecule has 1 unspecified atom stereocenters. The Balaban J connectivity index is 1.01. The van der Waals surface area contributed by atoms with Crippen LogP contribution in [0.3, 0.4) is 0 Å². The number of nitrogens with zero attached hydrogens (tertiary/aromatic N) is 5. The van der Waals surface area contributed by atoms with E-state index in [2.05, 4.69) is 16.3 Å². The number of morpholine rings is 1. The topological polar surface area (TPSA) is 152 Å². The summed E-state index contributed by atoms with van der Waals surface area (Å²) in [6.07, 6.45) is 3.93. The quantitative estimate of drug-likeness (QED) is 0.335. The summed E-state index contributed by atoms with van der Waals surface area (Å²) in [7, 11) is 1.72. The molecule has 0 aliphatic carbocycles. The zero-order valence-corrected chi connectivity index (χ0v) is 32.0. The summed E-state index contributed by atoms with van der Waals surface area (Å²) in [4.78, 5) is 72.1. The van der Waals surface area contributed by atoms with E-state index in [0.717, 1.165) is 62.0 Å². The summed E-state index contributed by atoms with van der Waals surface area (Å²) in [6, 6.07) is 14.0. The van der Waals surface area contributed by atoms with Crippen molar-refractivity contribution in [1.29, 1.82) is 0 Å². The molecule has 5 heterocycles. The minimum atomic E-state index is -0.707. The largest absolute Gasteiger partial charge is 0.370 e. The first-order valence-electron chi connectivity index (χ1n) is 19.6. The van der Waals surface area contributed by atoms with Crippen LogP contribution >= 0.6 is 0 Å². The number of hydrogen-bond acceptors (Lipinski definition) is 8. The Bertz CT molecular complexity index is 1940. The molecule has 54 heavy (non-hydrogen) atoms. The molecule has 0 radical (unpaired) electrons. The maximum atomic E-state index is 14.5. The average Bonchev–Trinajstić information content (AvgIpc) is 3.69. The van der Waals surface area contributed by atoms with Gasteiger partial charge in [0, 0.05) is 39.0 Å². The Morgan fingerprint density at radius 1 is 0.944 bits per heavy atom. The number of piperidine rings is 2. The van der Waals surface area contributed by atoms with Gasteiger partial charge in [-0.1, -0.05) is 57.2 Å². The van der Waals surface area contributed by atoms with E-state index in [-0.39, 0.29) is 41.9 Å². The number of fused-ring (bicyclic) bond motifs is 1. The second kappa shape index (κ2) is 15.4. The van der Waals surface area contributed by atoms with Crippen LogP contribution in [0.2, 0.25) is 0 Å². The fourth-order valence-corrected chi connectivity index (χ4v) is 8.89. The molecule has 13 heteroatoms. The zero-order chi connectivity index (χ0) is 38.3. The highest BCUT2D eigenvalue weighted by molar-refractivity contribution is 6.00. The minimum absolute atomic E-state index is 0.000265. The van der Waals surface area contributed by atoms with Crippen molar-refractivity contribution in [1.82, 2.24) is 29.2 Å². The van der Waals surface area contributed by atoms with Gasteiger partial charge in [-0.15, -0.1) is 0 Å². The lowest BCUT2D eigenvalue weighted by Crippen LogP contribution is -2.58. The van der Waals surface area contributed by atoms with Crippen LogP contribution < -0.4 is 16.7 Å². The normalized spacial score (nSPS) is 25.3. The van der Waals surface area contributed by atoms with E-state index in [1.807, 2.05) is 68.1 Å². The zero-order valence-electron chi connectivity index (χ0n) is 32.0. The number of amides is 4. The summed E-state index contributed by atoms with van der Waals surface area (Å²) in [6.45, 7) is 10.3. The van der Waals surface area contributed by atoms with Crippen LogP contribution in [0.4, 0.5) is 0 Å². The SMILES string of the molecule is Cn1c(=O)n(C2CCC(=O)NC2=O)c2ccc(CC3CCN(C[C@@H]4CCN(C(=O)[C@@H](N)C(C)(C)C)[C@@H]4C(=O)N4CCO[C@H](c5ccccc5)C4)CC3)cc21. The van der Waals surface area contributed by atoms with E-state index in [1.54, 1.807) is 16.5 Å². The van der Waals surface area contributed by atoms with Crippen LogP contribution in [0.15, 0.2) is 53.3 Å². The van der Waals surface area contributed by atoms with E-state index in [9.17, 15) is 24.0 Å². The third-order valence-corrected chi connectivity index (χ3v) is 12.2. The first kappa shape index (κ1) is 38.0. The number of carbonyl (C=O) groups is 4. The third-order valence-electron chi connectivity index (χ3n) is 12.2. The highest BCUT2D eigenvalue weighted by atomic mass is 16.5. The number of aromatic nitrogens is 2. The van der Waals surface area contributed by atoms with Gasteiger partial charge in [0.2, 0.25) is 23.6 Å². The third kappa shape index (κ3) is 7.63. The molecule has 5 atom stereocenters. The lowest BCUT2D eigenvalue weighted by atomic mass is 9.86. The lowest BCUT2D eigenvalue weighted by molar-refractivity contribution is -0.151. The van der Waals surface area contributed by atoms with Crippen molar-refractivity contribution in [3.63, 3.8) is 0 Å². The van der Waals surface area contributed by atoms with Crippen LogP contribution in [0, 0.1) is 17.3 Å². The number of aryl methyl sites for hydroxylation is 1. The van der Waals surface area contributed by atoms with E-state index < -0.39 is 29.4 Å². The van der Waals surface area contributed by atoms with Gasteiger partial charge in [-0.25, -0.2) is 4.79 Å². The molecular weight excluding hydrogens is 686 g/mol. The summed E-state index contributed by atoms with van der Waals surface area (Å²) in [5.74, 6) is -0.451. The van der Waals surface area contributed by atoms with Crippen LogP contribution in [0.1, 0.15) is 76.1 Å². The van der Waals surface area contributed by atoms with E-state index in [0.29, 0.717) is 44.1 Å². The van der Waals surface area contributed by atoms with Crippen LogP contribution in [0.25, 0.3) is 11.0 Å². The van der Waals surface area contributed by atoms with Crippen LogP contribution in [-0.2, 0) is 37.4 Å². The van der Waals surface area contributed by atoms with Crippen molar-refractivity contribution in [3.05, 3.63) is 70.1 Å². The highest BCUT2D eigenvalue weighted by Crippen LogP contribution is 2.34. The maximum absolute atomic E-state index is 14.5. The number of likely N-dealkylation sites (tertiary alicyclic amines) is 2. The van der Waals surface area contributed by atoms with Gasteiger partial charge < -0.3 is 25.2 Å². The Labute approximate surface area is 316 Å². The number of imide groups is 1. The molecule has 3 N–H and O–H groups in total. The fourth-order valence-electron chi connectivity index (χ4n) is 8.89. The van der Waals surface area contributed by atoms with Crippen LogP contribution in [-0.4, -0.2) is 105 Å². The van der Waals surface area contributed by atoms with Crippen molar-refractivity contribution in [2.24, 2.45) is 30.0 Å². The minimum Gasteiger partial charge on any atom is -0.370 e. The predicted octanol–water partition coefficient (Wildman–Crippen LogP) is 2.76. The van der Waals surface area contributed by atoms with Gasteiger partial charge in [0.15, 0.2) is 0 Å². The van der Waals surface area contributed by atoms with Gasteiger partial charge in [-0.05, 0) is 79.8 Å². The molecule has 0 spiro atoms. The van der Waals surface area contributed by atoms with Crippen molar-refractivity contribution < 1.29 is 23.9 Å². The summed E-state index contributed by atoms with van der Waals surface area (Å²) >= 11 is 0. The predicted molar refractivity (Wildman–Crippen MR) is 204 cm³/mol. The Kier molecular flexibility index (Phi) is 10.8. The molecular formula is C41H55N7O6. The summed E-state index contributed by atoms with van der Waals surface area (Å²) in [5, 5.41) is 2.37. The monoisotopic (exact) mass is 741 g/mol. The highest BCUT2D eigenvalue weighted by Gasteiger charge is 2.47. The first-order chi connectivity index (χ1) is 25.8. The Hall–Kier alpha value is -4.33. The van der Waals surface area contributed by atoms with Gasteiger partial charge in [0.1, 0.15) is 18.2 Å². The number of carbonyl (C=O) groups excluding carboxylic acids is 4. The van der Waals surface area contributed by atoms with E-state index in [1.165, 1.54) is 4.57 Å². The molecule has 0 saturated carbocycles. The standard InChI is InChI=1S/C41H55N7O6/c1-41(2,3)36(42)39(52)47-19-16-29(35(47)38(51)46-20-21-54-33(25-46)28-8-6-5-7-9-28)24-45-17-14-26(15-18-45)22-27-10-11-30-32(23-27)44(4)40(53)48(30)31-12-13-34(49)43-37(31)50/h5-11,23,26,29,31,33,35-36H,12-22,24-25,42H2,1-4H3,(H,43,49,50)/t29-,31?,33-,35-,36+/m0/s1. The Morgan fingerprint density at radius 2 is 1.69 bits per heavy atom. The van der Waals surface area contributed by atoms with E-state index >= 15 is 0 Å². The maximum Gasteiger partial charge on any atom is 0.329 e. The second-order valence-corrected chi connectivity index (χ2v) is 16.9.